The van der Waals surface area contributed by atoms with E-state index < -0.39 is 10.9 Å². The third-order valence-corrected chi connectivity index (χ3v) is 2.98. The molecule has 0 atom stereocenters. The highest BCUT2D eigenvalue weighted by molar-refractivity contribution is 5.92. The fourth-order valence-corrected chi connectivity index (χ4v) is 1.95. The van der Waals surface area contributed by atoms with E-state index in [1.807, 2.05) is 0 Å². The van der Waals surface area contributed by atoms with E-state index in [2.05, 4.69) is 0 Å². The molecule has 6 heteroatoms. The first-order chi connectivity index (χ1) is 9.02. The maximum atomic E-state index is 10.4. The number of nitrogens with zero attached hydrogens (tertiary/aromatic N) is 1. The predicted octanol–water partition coefficient (Wildman–Crippen LogP) is 2.57. The molecule has 0 spiro atoms. The summed E-state index contributed by atoms with van der Waals surface area (Å²) in [5, 5.41) is 18.8. The Morgan fingerprint density at radius 3 is 2.21 bits per heavy atom. The fourth-order valence-electron chi connectivity index (χ4n) is 1.95. The Hall–Kier alpha value is -1.95. The van der Waals surface area contributed by atoms with Gasteiger partial charge in [-0.3, -0.25) is 10.1 Å². The van der Waals surface area contributed by atoms with Crippen molar-refractivity contribution in [2.75, 3.05) is 0 Å². The molecule has 2 rings (SSSR count). The van der Waals surface area contributed by atoms with Crippen molar-refractivity contribution < 1.29 is 14.8 Å². The lowest BCUT2D eigenvalue weighted by Crippen LogP contribution is -2.22. The number of carboxylic acids is 1. The molecule has 1 aromatic carbocycles. The van der Waals surface area contributed by atoms with Crippen LogP contribution in [-0.4, -0.2) is 22.0 Å². The molecule has 0 radical (unpaired) electrons. The summed E-state index contributed by atoms with van der Waals surface area (Å²) < 4.78 is 0. The number of rotatable bonds is 2. The highest BCUT2D eigenvalue weighted by Gasteiger charge is 2.17. The van der Waals surface area contributed by atoms with Gasteiger partial charge in [0.05, 0.1) is 4.92 Å². The number of nitro groups is 1. The minimum atomic E-state index is -1.29. The van der Waals surface area contributed by atoms with Crippen LogP contribution in [0.1, 0.15) is 42.5 Å². The molecule has 19 heavy (non-hydrogen) atoms. The molecular weight excluding hydrogens is 248 g/mol. The maximum Gasteiger partial charge on any atom is 0.342 e. The number of nitro benzene ring substituents is 1. The quantitative estimate of drug-likeness (QED) is 0.632. The van der Waals surface area contributed by atoms with Crippen LogP contribution < -0.4 is 5.73 Å². The normalized spacial score (nSPS) is 15.2. The smallest absolute Gasteiger partial charge is 0.342 e. The lowest BCUT2D eigenvalue weighted by atomic mass is 9.97. The average Bonchev–Trinajstić information content (AvgIpc) is 2.40. The standard InChI is InChI=1S/C7H5NO4.C6H13N/c9-7(10)5-3-1-2-4-6(5)8(11)12;7-6-4-2-1-3-5-6/h1-4H,(H,9,10);6H,1-5,7H2. The summed E-state index contributed by atoms with van der Waals surface area (Å²) in [7, 11) is 0. The summed E-state index contributed by atoms with van der Waals surface area (Å²) in [5.74, 6) is -1.29. The molecule has 0 saturated heterocycles. The van der Waals surface area contributed by atoms with Gasteiger partial charge in [0.25, 0.3) is 5.69 Å². The molecule has 104 valence electrons. The lowest BCUT2D eigenvalue weighted by molar-refractivity contribution is -0.385. The van der Waals surface area contributed by atoms with Crippen LogP contribution in [0.4, 0.5) is 5.69 Å². The van der Waals surface area contributed by atoms with Crippen LogP contribution in [0, 0.1) is 10.1 Å². The summed E-state index contributed by atoms with van der Waals surface area (Å²) in [6, 6.07) is 5.75. The fraction of sp³-hybridized carbons (Fsp3) is 0.462. The number of aromatic carboxylic acids is 1. The number of carbonyl (C=O) groups is 1. The van der Waals surface area contributed by atoms with Gasteiger partial charge in [-0.25, -0.2) is 4.79 Å². The van der Waals surface area contributed by atoms with Gasteiger partial charge in [0.2, 0.25) is 0 Å². The van der Waals surface area contributed by atoms with E-state index in [1.165, 1.54) is 50.3 Å². The van der Waals surface area contributed by atoms with Crippen molar-refractivity contribution in [3.63, 3.8) is 0 Å². The van der Waals surface area contributed by atoms with E-state index in [0.29, 0.717) is 6.04 Å². The Morgan fingerprint density at radius 2 is 1.84 bits per heavy atom. The Morgan fingerprint density at radius 1 is 1.26 bits per heavy atom. The maximum absolute atomic E-state index is 10.4. The number of nitrogens with two attached hydrogens (primary N) is 1. The average molecular weight is 266 g/mol. The van der Waals surface area contributed by atoms with Crippen LogP contribution in [0.25, 0.3) is 0 Å². The van der Waals surface area contributed by atoms with Gasteiger partial charge in [-0.15, -0.1) is 0 Å². The SMILES string of the molecule is NC1CCCCC1.O=C(O)c1ccccc1[N+](=O)[O-]. The van der Waals surface area contributed by atoms with Gasteiger partial charge in [-0.2, -0.15) is 0 Å². The second-order valence-electron chi connectivity index (χ2n) is 4.48. The molecule has 1 aromatic rings. The molecule has 3 N–H and O–H groups in total. The van der Waals surface area contributed by atoms with Crippen LogP contribution in [-0.2, 0) is 0 Å². The van der Waals surface area contributed by atoms with Crippen LogP contribution in [0.3, 0.4) is 0 Å². The Kier molecular flexibility index (Phi) is 5.95. The number of hydrogen-bond acceptors (Lipinski definition) is 4. The minimum absolute atomic E-state index is 0.289. The first kappa shape index (κ1) is 15.1. The number of carboxylic acid groups (broad SMARTS) is 1. The molecule has 6 nitrogen and oxygen atoms in total. The monoisotopic (exact) mass is 266 g/mol. The van der Waals surface area contributed by atoms with Crippen LogP contribution >= 0.6 is 0 Å². The van der Waals surface area contributed by atoms with Gasteiger partial charge in [-0.1, -0.05) is 31.4 Å². The van der Waals surface area contributed by atoms with E-state index in [4.69, 9.17) is 10.8 Å². The minimum Gasteiger partial charge on any atom is -0.477 e. The zero-order chi connectivity index (χ0) is 14.3. The third kappa shape index (κ3) is 5.05. The zero-order valence-electron chi connectivity index (χ0n) is 10.6. The second-order valence-corrected chi connectivity index (χ2v) is 4.48. The number of para-hydroxylation sites is 1. The topological polar surface area (TPSA) is 106 Å². The molecule has 0 aromatic heterocycles. The van der Waals surface area contributed by atoms with Gasteiger partial charge < -0.3 is 10.8 Å². The van der Waals surface area contributed by atoms with Crippen molar-refractivity contribution in [2.24, 2.45) is 5.73 Å². The third-order valence-electron chi connectivity index (χ3n) is 2.98. The molecule has 1 saturated carbocycles. The van der Waals surface area contributed by atoms with Gasteiger partial charge in [0, 0.05) is 12.1 Å². The van der Waals surface area contributed by atoms with Crippen LogP contribution in [0.15, 0.2) is 24.3 Å². The summed E-state index contributed by atoms with van der Waals surface area (Å²) in [6.45, 7) is 0. The largest absolute Gasteiger partial charge is 0.477 e. The second kappa shape index (κ2) is 7.48. The van der Waals surface area contributed by atoms with Crippen molar-refractivity contribution in [1.29, 1.82) is 0 Å². The molecular formula is C13H18N2O4. The molecule has 1 aliphatic rings. The summed E-state index contributed by atoms with van der Waals surface area (Å²) >= 11 is 0. The van der Waals surface area contributed by atoms with E-state index in [0.717, 1.165) is 6.07 Å². The molecule has 1 fully saturated rings. The number of hydrogen-bond donors (Lipinski definition) is 2. The van der Waals surface area contributed by atoms with E-state index in [-0.39, 0.29) is 11.3 Å². The molecule has 0 aliphatic heterocycles. The van der Waals surface area contributed by atoms with E-state index in [1.54, 1.807) is 0 Å². The van der Waals surface area contributed by atoms with Crippen molar-refractivity contribution in [3.05, 3.63) is 39.9 Å². The Balaban J connectivity index is 0.000000218. The molecule has 0 amide bonds. The first-order valence-corrected chi connectivity index (χ1v) is 6.24. The molecule has 1 aliphatic carbocycles. The molecule has 0 heterocycles. The predicted molar refractivity (Wildman–Crippen MR) is 71.1 cm³/mol. The van der Waals surface area contributed by atoms with Crippen LogP contribution in [0.5, 0.6) is 0 Å². The summed E-state index contributed by atoms with van der Waals surface area (Å²) in [6.07, 6.45) is 6.66. The Labute approximate surface area is 111 Å². The van der Waals surface area contributed by atoms with Crippen molar-refractivity contribution in [2.45, 2.75) is 38.1 Å². The summed E-state index contributed by atoms with van der Waals surface area (Å²) in [5.41, 5.74) is 4.96. The van der Waals surface area contributed by atoms with Crippen molar-refractivity contribution in [3.8, 4) is 0 Å². The zero-order valence-corrected chi connectivity index (χ0v) is 10.6. The van der Waals surface area contributed by atoms with Gasteiger partial charge in [-0.05, 0) is 18.9 Å². The van der Waals surface area contributed by atoms with Gasteiger partial charge in [0.1, 0.15) is 5.56 Å². The summed E-state index contributed by atoms with van der Waals surface area (Å²) in [4.78, 5) is 20.0. The van der Waals surface area contributed by atoms with Gasteiger partial charge >= 0.3 is 5.97 Å². The van der Waals surface area contributed by atoms with Crippen molar-refractivity contribution in [1.82, 2.24) is 0 Å². The first-order valence-electron chi connectivity index (χ1n) is 6.24. The highest BCUT2D eigenvalue weighted by atomic mass is 16.6. The Bertz CT molecular complexity index is 409. The molecule has 0 bridgehead atoms. The van der Waals surface area contributed by atoms with Crippen LogP contribution in [0.2, 0.25) is 0 Å². The number of benzene rings is 1. The van der Waals surface area contributed by atoms with E-state index >= 15 is 0 Å². The highest BCUT2D eigenvalue weighted by Crippen LogP contribution is 2.16. The molecule has 0 unspecified atom stereocenters. The van der Waals surface area contributed by atoms with Crippen molar-refractivity contribution >= 4 is 11.7 Å². The van der Waals surface area contributed by atoms with Gasteiger partial charge in [0.15, 0.2) is 0 Å². The van der Waals surface area contributed by atoms with E-state index in [9.17, 15) is 14.9 Å². The lowest BCUT2D eigenvalue weighted by Gasteiger charge is -2.15.